The van der Waals surface area contributed by atoms with Gasteiger partial charge in [0.2, 0.25) is 21.8 Å². The number of carbonyl (C=O) groups excluding carboxylic acids is 2. The van der Waals surface area contributed by atoms with Crippen LogP contribution in [0.1, 0.15) is 18.1 Å². The third-order valence-corrected chi connectivity index (χ3v) is 7.22. The molecular weight excluding hydrogens is 542 g/mol. The van der Waals surface area contributed by atoms with Gasteiger partial charge in [-0.15, -0.1) is 0 Å². The summed E-state index contributed by atoms with van der Waals surface area (Å²) in [5.41, 5.74) is 2.09. The van der Waals surface area contributed by atoms with Crippen molar-refractivity contribution in [3.63, 3.8) is 0 Å². The standard InChI is InChI=1S/C27H30BrN3O4S/c1-3-29-27(33)25(18-21-11-6-4-7-12-21)30(19-22-13-10-14-23(28)17-22)26(32)20-31(36(2,34)35)24-15-8-5-9-16-24/h4-17,25H,3,18-20H2,1-2H3,(H,29,33)/t25-/m0/s1. The molecule has 0 fully saturated rings. The Balaban J connectivity index is 2.02. The van der Waals surface area contributed by atoms with Gasteiger partial charge in [-0.25, -0.2) is 8.42 Å². The zero-order valence-electron chi connectivity index (χ0n) is 20.3. The van der Waals surface area contributed by atoms with Gasteiger partial charge in [0.05, 0.1) is 11.9 Å². The smallest absolute Gasteiger partial charge is 0.244 e. The molecule has 3 aromatic rings. The van der Waals surface area contributed by atoms with Crippen molar-refractivity contribution in [2.75, 3.05) is 23.7 Å². The SMILES string of the molecule is CCNC(=O)[C@H](Cc1ccccc1)N(Cc1cccc(Br)c1)C(=O)CN(c1ccccc1)S(C)(=O)=O. The molecule has 9 heteroatoms. The van der Waals surface area contributed by atoms with Crippen molar-refractivity contribution in [3.8, 4) is 0 Å². The summed E-state index contributed by atoms with van der Waals surface area (Å²) >= 11 is 3.46. The average Bonchev–Trinajstić information content (AvgIpc) is 2.85. The Morgan fingerprint density at radius 3 is 2.11 bits per heavy atom. The molecule has 0 heterocycles. The number of likely N-dealkylation sites (N-methyl/N-ethyl adjacent to an activating group) is 1. The van der Waals surface area contributed by atoms with E-state index >= 15 is 0 Å². The summed E-state index contributed by atoms with van der Waals surface area (Å²) in [4.78, 5) is 28.6. The van der Waals surface area contributed by atoms with Crippen LogP contribution in [-0.4, -0.2) is 50.5 Å². The predicted octanol–water partition coefficient (Wildman–Crippen LogP) is 3.99. The Hall–Kier alpha value is -3.17. The second-order valence-corrected chi connectivity index (χ2v) is 11.2. The Bertz CT molecular complexity index is 1270. The highest BCUT2D eigenvalue weighted by Crippen LogP contribution is 2.21. The van der Waals surface area contributed by atoms with E-state index in [9.17, 15) is 18.0 Å². The van der Waals surface area contributed by atoms with Crippen molar-refractivity contribution in [1.82, 2.24) is 10.2 Å². The summed E-state index contributed by atoms with van der Waals surface area (Å²) in [6.45, 7) is 1.93. The van der Waals surface area contributed by atoms with Crippen LogP contribution >= 0.6 is 15.9 Å². The first-order valence-electron chi connectivity index (χ1n) is 11.6. The molecule has 3 rings (SSSR count). The van der Waals surface area contributed by atoms with Crippen LogP contribution in [0.3, 0.4) is 0 Å². The molecule has 0 aromatic heterocycles. The van der Waals surface area contributed by atoms with Crippen molar-refractivity contribution in [3.05, 3.63) is 101 Å². The van der Waals surface area contributed by atoms with Crippen LogP contribution in [0.4, 0.5) is 5.69 Å². The van der Waals surface area contributed by atoms with Crippen LogP contribution in [-0.2, 0) is 32.6 Å². The molecule has 0 aliphatic carbocycles. The number of para-hydroxylation sites is 1. The fourth-order valence-electron chi connectivity index (χ4n) is 3.89. The molecule has 0 bridgehead atoms. The molecule has 36 heavy (non-hydrogen) atoms. The molecule has 0 spiro atoms. The van der Waals surface area contributed by atoms with E-state index in [-0.39, 0.29) is 18.9 Å². The maximum absolute atomic E-state index is 13.8. The minimum atomic E-state index is -3.76. The van der Waals surface area contributed by atoms with Gasteiger partial charge in [-0.2, -0.15) is 0 Å². The fourth-order valence-corrected chi connectivity index (χ4v) is 5.18. The highest BCUT2D eigenvalue weighted by Gasteiger charge is 2.32. The quantitative estimate of drug-likeness (QED) is 0.377. The van der Waals surface area contributed by atoms with Crippen LogP contribution in [0.5, 0.6) is 0 Å². The van der Waals surface area contributed by atoms with Gasteiger partial charge in [0, 0.05) is 24.0 Å². The van der Waals surface area contributed by atoms with E-state index < -0.39 is 28.5 Å². The Kier molecular flexibility index (Phi) is 9.66. The number of sulfonamides is 1. The number of anilines is 1. The Labute approximate surface area is 221 Å². The first-order chi connectivity index (χ1) is 17.2. The Morgan fingerprint density at radius 2 is 1.53 bits per heavy atom. The molecule has 0 unspecified atom stereocenters. The van der Waals surface area contributed by atoms with Crippen LogP contribution < -0.4 is 9.62 Å². The lowest BCUT2D eigenvalue weighted by atomic mass is 10.0. The van der Waals surface area contributed by atoms with Gasteiger partial charge in [0.15, 0.2) is 0 Å². The van der Waals surface area contributed by atoms with Crippen molar-refractivity contribution >= 4 is 43.5 Å². The van der Waals surface area contributed by atoms with Gasteiger partial charge < -0.3 is 10.2 Å². The van der Waals surface area contributed by atoms with E-state index in [1.807, 2.05) is 61.5 Å². The average molecular weight is 573 g/mol. The molecule has 0 aliphatic rings. The lowest BCUT2D eigenvalue weighted by Crippen LogP contribution is -2.53. The number of nitrogens with one attached hydrogen (secondary N) is 1. The molecule has 0 aliphatic heterocycles. The van der Waals surface area contributed by atoms with Gasteiger partial charge in [-0.1, -0.05) is 76.6 Å². The molecule has 2 amide bonds. The predicted molar refractivity (Wildman–Crippen MR) is 146 cm³/mol. The minimum absolute atomic E-state index is 0.138. The van der Waals surface area contributed by atoms with Gasteiger partial charge in [-0.3, -0.25) is 13.9 Å². The number of benzene rings is 3. The van der Waals surface area contributed by atoms with Gasteiger partial charge >= 0.3 is 0 Å². The normalized spacial score (nSPS) is 12.0. The highest BCUT2D eigenvalue weighted by atomic mass is 79.9. The van der Waals surface area contributed by atoms with Crippen LogP contribution in [0.2, 0.25) is 0 Å². The number of halogens is 1. The molecule has 1 N–H and O–H groups in total. The summed E-state index contributed by atoms with van der Waals surface area (Å²) in [7, 11) is -3.76. The van der Waals surface area contributed by atoms with Gasteiger partial charge in [0.25, 0.3) is 0 Å². The minimum Gasteiger partial charge on any atom is -0.355 e. The number of hydrogen-bond acceptors (Lipinski definition) is 4. The van der Waals surface area contributed by atoms with Gasteiger partial charge in [0.1, 0.15) is 12.6 Å². The third kappa shape index (κ3) is 7.66. The highest BCUT2D eigenvalue weighted by molar-refractivity contribution is 9.10. The lowest BCUT2D eigenvalue weighted by molar-refractivity contribution is -0.140. The molecule has 3 aromatic carbocycles. The second-order valence-electron chi connectivity index (χ2n) is 8.36. The summed E-state index contributed by atoms with van der Waals surface area (Å²) in [5.74, 6) is -0.772. The van der Waals surface area contributed by atoms with Crippen molar-refractivity contribution < 1.29 is 18.0 Å². The molecule has 0 radical (unpaired) electrons. The van der Waals surface area contributed by atoms with E-state index in [1.54, 1.807) is 30.3 Å². The zero-order valence-corrected chi connectivity index (χ0v) is 22.7. The van der Waals surface area contributed by atoms with Crippen molar-refractivity contribution in [2.24, 2.45) is 0 Å². The molecular formula is C27H30BrN3O4S. The third-order valence-electron chi connectivity index (χ3n) is 5.59. The number of rotatable bonds is 11. The van der Waals surface area contributed by atoms with Crippen molar-refractivity contribution in [2.45, 2.75) is 25.9 Å². The lowest BCUT2D eigenvalue weighted by Gasteiger charge is -2.33. The topological polar surface area (TPSA) is 86.8 Å². The summed E-state index contributed by atoms with van der Waals surface area (Å²) in [5, 5.41) is 2.84. The van der Waals surface area contributed by atoms with Crippen molar-refractivity contribution in [1.29, 1.82) is 0 Å². The monoisotopic (exact) mass is 571 g/mol. The maximum Gasteiger partial charge on any atom is 0.244 e. The molecule has 190 valence electrons. The van der Waals surface area contributed by atoms with E-state index in [1.165, 1.54) is 4.90 Å². The van der Waals surface area contributed by atoms with E-state index in [0.29, 0.717) is 12.2 Å². The van der Waals surface area contributed by atoms with Crippen LogP contribution in [0.15, 0.2) is 89.4 Å². The zero-order chi connectivity index (χ0) is 26.1. The Morgan fingerprint density at radius 1 is 0.917 bits per heavy atom. The maximum atomic E-state index is 13.8. The second kappa shape index (κ2) is 12.7. The van der Waals surface area contributed by atoms with Crippen LogP contribution in [0.25, 0.3) is 0 Å². The molecule has 0 saturated heterocycles. The first kappa shape index (κ1) is 27.4. The van der Waals surface area contributed by atoms with E-state index in [2.05, 4.69) is 21.2 Å². The fraction of sp³-hybridized carbons (Fsp3) is 0.259. The molecule has 7 nitrogen and oxygen atoms in total. The van der Waals surface area contributed by atoms with Crippen LogP contribution in [0, 0.1) is 0 Å². The van der Waals surface area contributed by atoms with E-state index in [0.717, 1.165) is 26.2 Å². The number of nitrogens with zero attached hydrogens (tertiary/aromatic N) is 2. The number of carbonyl (C=O) groups is 2. The molecule has 1 atom stereocenters. The first-order valence-corrected chi connectivity index (χ1v) is 14.2. The summed E-state index contributed by atoms with van der Waals surface area (Å²) in [6, 6.07) is 24.6. The summed E-state index contributed by atoms with van der Waals surface area (Å²) < 4.78 is 27.2. The number of amides is 2. The molecule has 0 saturated carbocycles. The van der Waals surface area contributed by atoms with Gasteiger partial charge in [-0.05, 0) is 42.3 Å². The summed E-state index contributed by atoms with van der Waals surface area (Å²) in [6.07, 6.45) is 1.35. The largest absolute Gasteiger partial charge is 0.355 e. The number of hydrogen-bond donors (Lipinski definition) is 1. The van der Waals surface area contributed by atoms with E-state index in [4.69, 9.17) is 0 Å².